The van der Waals surface area contributed by atoms with Crippen LogP contribution in [0.3, 0.4) is 0 Å². The van der Waals surface area contributed by atoms with Gasteiger partial charge in [-0.3, -0.25) is 4.79 Å². The molecule has 0 aromatic heterocycles. The molecule has 4 nitrogen and oxygen atoms in total. The van der Waals surface area contributed by atoms with E-state index in [0.29, 0.717) is 18.5 Å². The van der Waals surface area contributed by atoms with E-state index in [1.165, 1.54) is 12.1 Å². The van der Waals surface area contributed by atoms with Crippen LogP contribution in [0.5, 0.6) is 11.5 Å². The summed E-state index contributed by atoms with van der Waals surface area (Å²) in [6, 6.07) is 9.90. The molecule has 5 heteroatoms. The van der Waals surface area contributed by atoms with E-state index in [2.05, 4.69) is 5.32 Å². The fourth-order valence-electron chi connectivity index (χ4n) is 2.35. The second-order valence-electron chi connectivity index (χ2n) is 5.15. The molecule has 1 heterocycles. The molecule has 2 aromatic carbocycles. The van der Waals surface area contributed by atoms with Gasteiger partial charge in [0.2, 0.25) is 6.79 Å². The average Bonchev–Trinajstić information content (AvgIpc) is 2.97. The molecule has 1 amide bonds. The zero-order valence-corrected chi connectivity index (χ0v) is 12.2. The topological polar surface area (TPSA) is 47.6 Å². The lowest BCUT2D eigenvalue weighted by Gasteiger charge is -2.08. The quantitative estimate of drug-likeness (QED) is 0.944. The maximum absolute atomic E-state index is 13.2. The molecule has 0 spiro atoms. The third-order valence-electron chi connectivity index (χ3n) is 3.58. The number of benzene rings is 2. The summed E-state index contributed by atoms with van der Waals surface area (Å²) in [5.41, 5.74) is 2.16. The van der Waals surface area contributed by atoms with E-state index in [-0.39, 0.29) is 12.7 Å². The smallest absolute Gasteiger partial charge is 0.251 e. The molecule has 0 aliphatic carbocycles. The number of carbonyl (C=O) groups is 1. The standard InChI is InChI=1S/C17H16FNO3/c1-11-2-4-13(18)9-14(11)17(20)19-7-6-12-3-5-15-16(8-12)22-10-21-15/h2-5,8-9H,6-7,10H2,1H3,(H,19,20). The van der Waals surface area contributed by atoms with Crippen molar-refractivity contribution < 1.29 is 18.7 Å². The van der Waals surface area contributed by atoms with Crippen LogP contribution in [0.2, 0.25) is 0 Å². The largest absolute Gasteiger partial charge is 0.454 e. The van der Waals surface area contributed by atoms with Crippen molar-refractivity contribution >= 4 is 5.91 Å². The molecule has 0 fully saturated rings. The Bertz CT molecular complexity index is 715. The minimum Gasteiger partial charge on any atom is -0.454 e. The summed E-state index contributed by atoms with van der Waals surface area (Å²) >= 11 is 0. The first-order chi connectivity index (χ1) is 10.6. The summed E-state index contributed by atoms with van der Waals surface area (Å²) in [7, 11) is 0. The minimum absolute atomic E-state index is 0.244. The molecule has 1 N–H and O–H groups in total. The summed E-state index contributed by atoms with van der Waals surface area (Å²) in [6.07, 6.45) is 0.663. The summed E-state index contributed by atoms with van der Waals surface area (Å²) in [4.78, 5) is 12.1. The lowest BCUT2D eigenvalue weighted by Crippen LogP contribution is -2.26. The highest BCUT2D eigenvalue weighted by atomic mass is 19.1. The van der Waals surface area contributed by atoms with E-state index < -0.39 is 5.82 Å². The van der Waals surface area contributed by atoms with Crippen LogP contribution in [0.15, 0.2) is 36.4 Å². The minimum atomic E-state index is -0.411. The number of hydrogen-bond donors (Lipinski definition) is 1. The number of carbonyl (C=O) groups excluding carboxylic acids is 1. The molecule has 2 aromatic rings. The van der Waals surface area contributed by atoms with Gasteiger partial charge in [-0.05, 0) is 48.7 Å². The molecule has 0 bridgehead atoms. The van der Waals surface area contributed by atoms with Crippen LogP contribution >= 0.6 is 0 Å². The van der Waals surface area contributed by atoms with Crippen molar-refractivity contribution in [1.29, 1.82) is 0 Å². The molecule has 0 atom stereocenters. The number of amides is 1. The Labute approximate surface area is 127 Å². The van der Waals surface area contributed by atoms with Crippen LogP contribution < -0.4 is 14.8 Å². The number of aryl methyl sites for hydroxylation is 1. The summed E-state index contributed by atoms with van der Waals surface area (Å²) in [5, 5.41) is 2.81. The van der Waals surface area contributed by atoms with E-state index in [0.717, 1.165) is 22.6 Å². The molecular formula is C17H16FNO3. The molecule has 1 aliphatic heterocycles. The highest BCUT2D eigenvalue weighted by molar-refractivity contribution is 5.95. The van der Waals surface area contributed by atoms with Crippen LogP contribution in [0.25, 0.3) is 0 Å². The first kappa shape index (κ1) is 14.4. The number of fused-ring (bicyclic) bond motifs is 1. The highest BCUT2D eigenvalue weighted by Gasteiger charge is 2.13. The first-order valence-electron chi connectivity index (χ1n) is 7.06. The van der Waals surface area contributed by atoms with E-state index in [4.69, 9.17) is 9.47 Å². The Morgan fingerprint density at radius 1 is 1.18 bits per heavy atom. The van der Waals surface area contributed by atoms with Gasteiger partial charge in [0, 0.05) is 12.1 Å². The maximum atomic E-state index is 13.2. The van der Waals surface area contributed by atoms with Crippen LogP contribution in [0.1, 0.15) is 21.5 Å². The van der Waals surface area contributed by atoms with Gasteiger partial charge in [-0.2, -0.15) is 0 Å². The van der Waals surface area contributed by atoms with E-state index in [1.807, 2.05) is 18.2 Å². The zero-order chi connectivity index (χ0) is 15.5. The van der Waals surface area contributed by atoms with Gasteiger partial charge in [-0.1, -0.05) is 12.1 Å². The lowest BCUT2D eigenvalue weighted by atomic mass is 10.1. The number of nitrogens with one attached hydrogen (secondary N) is 1. The Morgan fingerprint density at radius 3 is 2.86 bits per heavy atom. The van der Waals surface area contributed by atoms with Crippen molar-refractivity contribution in [3.8, 4) is 11.5 Å². The fraction of sp³-hybridized carbons (Fsp3) is 0.235. The molecular weight excluding hydrogens is 285 g/mol. The number of halogens is 1. The molecule has 0 unspecified atom stereocenters. The van der Waals surface area contributed by atoms with Crippen molar-refractivity contribution in [2.45, 2.75) is 13.3 Å². The first-order valence-corrected chi connectivity index (χ1v) is 7.06. The molecule has 3 rings (SSSR count). The van der Waals surface area contributed by atoms with Gasteiger partial charge in [0.05, 0.1) is 0 Å². The van der Waals surface area contributed by atoms with E-state index in [1.54, 1.807) is 13.0 Å². The number of rotatable bonds is 4. The molecule has 0 saturated heterocycles. The summed E-state index contributed by atoms with van der Waals surface area (Å²) in [5.74, 6) is 0.789. The van der Waals surface area contributed by atoms with Crippen molar-refractivity contribution in [2.24, 2.45) is 0 Å². The van der Waals surface area contributed by atoms with Gasteiger partial charge in [0.25, 0.3) is 5.91 Å². The van der Waals surface area contributed by atoms with Crippen molar-refractivity contribution in [2.75, 3.05) is 13.3 Å². The molecule has 22 heavy (non-hydrogen) atoms. The molecule has 0 radical (unpaired) electrons. The van der Waals surface area contributed by atoms with Crippen molar-refractivity contribution in [3.05, 3.63) is 58.9 Å². The molecule has 114 valence electrons. The Morgan fingerprint density at radius 2 is 2.00 bits per heavy atom. The fourth-order valence-corrected chi connectivity index (χ4v) is 2.35. The third kappa shape index (κ3) is 3.03. The van der Waals surface area contributed by atoms with Gasteiger partial charge in [-0.25, -0.2) is 4.39 Å². The van der Waals surface area contributed by atoms with Gasteiger partial charge in [0.1, 0.15) is 5.82 Å². The van der Waals surface area contributed by atoms with Gasteiger partial charge < -0.3 is 14.8 Å². The van der Waals surface area contributed by atoms with E-state index in [9.17, 15) is 9.18 Å². The van der Waals surface area contributed by atoms with Gasteiger partial charge in [-0.15, -0.1) is 0 Å². The second-order valence-corrected chi connectivity index (χ2v) is 5.15. The molecule has 1 aliphatic rings. The highest BCUT2D eigenvalue weighted by Crippen LogP contribution is 2.32. The zero-order valence-electron chi connectivity index (χ0n) is 12.2. The van der Waals surface area contributed by atoms with Gasteiger partial charge >= 0.3 is 0 Å². The summed E-state index contributed by atoms with van der Waals surface area (Å²) < 4.78 is 23.8. The van der Waals surface area contributed by atoms with Crippen LogP contribution in [0.4, 0.5) is 4.39 Å². The Kier molecular flexibility index (Phi) is 3.96. The van der Waals surface area contributed by atoms with Crippen molar-refractivity contribution in [1.82, 2.24) is 5.32 Å². The second kappa shape index (κ2) is 6.05. The Balaban J connectivity index is 1.59. The van der Waals surface area contributed by atoms with E-state index >= 15 is 0 Å². The van der Waals surface area contributed by atoms with Crippen LogP contribution in [-0.4, -0.2) is 19.2 Å². The predicted octanol–water partition coefficient (Wildman–Crippen LogP) is 2.84. The van der Waals surface area contributed by atoms with Crippen LogP contribution in [0, 0.1) is 12.7 Å². The predicted molar refractivity (Wildman–Crippen MR) is 79.7 cm³/mol. The maximum Gasteiger partial charge on any atom is 0.251 e. The van der Waals surface area contributed by atoms with Gasteiger partial charge in [0.15, 0.2) is 11.5 Å². The SMILES string of the molecule is Cc1ccc(F)cc1C(=O)NCCc1ccc2c(c1)OCO2. The Hall–Kier alpha value is -2.56. The number of hydrogen-bond acceptors (Lipinski definition) is 3. The summed E-state index contributed by atoms with van der Waals surface area (Å²) in [6.45, 7) is 2.50. The van der Waals surface area contributed by atoms with Crippen molar-refractivity contribution in [3.63, 3.8) is 0 Å². The number of ether oxygens (including phenoxy) is 2. The lowest BCUT2D eigenvalue weighted by molar-refractivity contribution is 0.0953. The average molecular weight is 301 g/mol. The third-order valence-corrected chi connectivity index (χ3v) is 3.58. The monoisotopic (exact) mass is 301 g/mol. The molecule has 0 saturated carbocycles. The van der Waals surface area contributed by atoms with Crippen LogP contribution in [-0.2, 0) is 6.42 Å². The normalized spacial score (nSPS) is 12.3.